The first-order valence-corrected chi connectivity index (χ1v) is 10.3. The van der Waals surface area contributed by atoms with Gasteiger partial charge in [0.15, 0.2) is 5.82 Å². The summed E-state index contributed by atoms with van der Waals surface area (Å²) in [5.41, 5.74) is 2.16. The molecule has 0 bridgehead atoms. The SMILES string of the molecule is Cc1ccc(-c2nc(C)cc(N3CCN(C(=O)c4cccc(C(F)(F)F)c4)CC3)n2)cc1. The molecule has 1 amide bonds. The zero-order chi connectivity index (χ0) is 22.9. The van der Waals surface area contributed by atoms with Gasteiger partial charge in [-0.3, -0.25) is 4.79 Å². The van der Waals surface area contributed by atoms with E-state index in [1.807, 2.05) is 44.2 Å². The van der Waals surface area contributed by atoms with Crippen molar-refractivity contribution in [2.75, 3.05) is 31.1 Å². The minimum Gasteiger partial charge on any atom is -0.353 e. The maximum atomic E-state index is 13.0. The Labute approximate surface area is 184 Å². The number of amides is 1. The molecule has 166 valence electrons. The molecule has 0 radical (unpaired) electrons. The zero-order valence-electron chi connectivity index (χ0n) is 17.9. The lowest BCUT2D eigenvalue weighted by Gasteiger charge is -2.35. The third-order valence-corrected chi connectivity index (χ3v) is 5.48. The first kappa shape index (κ1) is 21.8. The number of piperazine rings is 1. The number of benzene rings is 2. The van der Waals surface area contributed by atoms with E-state index in [-0.39, 0.29) is 5.56 Å². The molecule has 3 aromatic rings. The van der Waals surface area contributed by atoms with Crippen molar-refractivity contribution in [2.45, 2.75) is 20.0 Å². The van der Waals surface area contributed by atoms with E-state index in [0.29, 0.717) is 32.0 Å². The van der Waals surface area contributed by atoms with Crippen molar-refractivity contribution in [2.24, 2.45) is 0 Å². The van der Waals surface area contributed by atoms with E-state index in [0.717, 1.165) is 34.8 Å². The normalized spacial score (nSPS) is 14.5. The molecule has 2 aromatic carbocycles. The van der Waals surface area contributed by atoms with Crippen molar-refractivity contribution in [1.82, 2.24) is 14.9 Å². The van der Waals surface area contributed by atoms with Crippen LogP contribution >= 0.6 is 0 Å². The van der Waals surface area contributed by atoms with Gasteiger partial charge in [-0.15, -0.1) is 0 Å². The monoisotopic (exact) mass is 440 g/mol. The predicted octanol–water partition coefficient (Wildman–Crippen LogP) is 4.74. The molecular formula is C24H23F3N4O. The molecule has 5 nitrogen and oxygen atoms in total. The average Bonchev–Trinajstić information content (AvgIpc) is 2.78. The number of halogens is 3. The number of nitrogens with zero attached hydrogens (tertiary/aromatic N) is 4. The molecule has 2 heterocycles. The third-order valence-electron chi connectivity index (χ3n) is 5.48. The topological polar surface area (TPSA) is 49.3 Å². The van der Waals surface area contributed by atoms with E-state index in [4.69, 9.17) is 4.98 Å². The van der Waals surface area contributed by atoms with Crippen LogP contribution in [0.4, 0.5) is 19.0 Å². The predicted molar refractivity (Wildman–Crippen MR) is 117 cm³/mol. The van der Waals surface area contributed by atoms with Crippen molar-refractivity contribution in [3.63, 3.8) is 0 Å². The number of anilines is 1. The molecule has 0 atom stereocenters. The van der Waals surface area contributed by atoms with E-state index in [9.17, 15) is 18.0 Å². The van der Waals surface area contributed by atoms with Crippen LogP contribution in [0.15, 0.2) is 54.6 Å². The van der Waals surface area contributed by atoms with Crippen LogP contribution in [0.5, 0.6) is 0 Å². The first-order valence-electron chi connectivity index (χ1n) is 10.3. The van der Waals surface area contributed by atoms with Gasteiger partial charge < -0.3 is 9.80 Å². The van der Waals surface area contributed by atoms with Crippen molar-refractivity contribution < 1.29 is 18.0 Å². The van der Waals surface area contributed by atoms with Crippen LogP contribution < -0.4 is 4.90 Å². The summed E-state index contributed by atoms with van der Waals surface area (Å²) in [6.07, 6.45) is -4.48. The molecule has 1 aromatic heterocycles. The Morgan fingerprint density at radius 2 is 1.59 bits per heavy atom. The molecule has 32 heavy (non-hydrogen) atoms. The fourth-order valence-corrected chi connectivity index (χ4v) is 3.70. The van der Waals surface area contributed by atoms with Gasteiger partial charge in [0, 0.05) is 49.1 Å². The van der Waals surface area contributed by atoms with E-state index in [2.05, 4.69) is 9.88 Å². The second-order valence-corrected chi connectivity index (χ2v) is 7.91. The van der Waals surface area contributed by atoms with Crippen molar-refractivity contribution in [1.29, 1.82) is 0 Å². The van der Waals surface area contributed by atoms with Gasteiger partial charge in [0.2, 0.25) is 0 Å². The van der Waals surface area contributed by atoms with Crippen LogP contribution in [-0.4, -0.2) is 47.0 Å². The highest BCUT2D eigenvalue weighted by atomic mass is 19.4. The molecule has 1 aliphatic rings. The molecule has 0 N–H and O–H groups in total. The van der Waals surface area contributed by atoms with Crippen LogP contribution in [0.1, 0.15) is 27.2 Å². The largest absolute Gasteiger partial charge is 0.416 e. The summed E-state index contributed by atoms with van der Waals surface area (Å²) in [6.45, 7) is 5.81. The number of alkyl halides is 3. The lowest BCUT2D eigenvalue weighted by atomic mass is 10.1. The molecule has 8 heteroatoms. The van der Waals surface area contributed by atoms with E-state index >= 15 is 0 Å². The molecule has 0 aliphatic carbocycles. The Hall–Kier alpha value is -3.42. The molecule has 1 fully saturated rings. The van der Waals surface area contributed by atoms with Gasteiger partial charge >= 0.3 is 6.18 Å². The summed E-state index contributed by atoms with van der Waals surface area (Å²) in [6, 6.07) is 14.5. The highest BCUT2D eigenvalue weighted by molar-refractivity contribution is 5.94. The van der Waals surface area contributed by atoms with Gasteiger partial charge in [0.25, 0.3) is 5.91 Å². The van der Waals surface area contributed by atoms with E-state index in [1.165, 1.54) is 12.1 Å². The Morgan fingerprint density at radius 1 is 0.906 bits per heavy atom. The number of carbonyl (C=O) groups is 1. The van der Waals surface area contributed by atoms with Crippen molar-refractivity contribution in [3.05, 3.63) is 77.0 Å². The summed E-state index contributed by atoms with van der Waals surface area (Å²) in [5, 5.41) is 0. The standard InChI is InChI=1S/C24H23F3N4O/c1-16-6-8-18(9-7-16)22-28-17(2)14-21(29-22)30-10-12-31(13-11-30)23(32)19-4-3-5-20(15-19)24(25,26)27/h3-9,14-15H,10-13H2,1-2H3. The Morgan fingerprint density at radius 3 is 2.25 bits per heavy atom. The summed E-state index contributed by atoms with van der Waals surface area (Å²) in [5.74, 6) is 1.02. The molecule has 1 aliphatic heterocycles. The smallest absolute Gasteiger partial charge is 0.353 e. The van der Waals surface area contributed by atoms with Gasteiger partial charge in [-0.25, -0.2) is 9.97 Å². The fraction of sp³-hybridized carbons (Fsp3) is 0.292. The second kappa shape index (κ2) is 8.61. The van der Waals surface area contributed by atoms with Crippen LogP contribution in [-0.2, 0) is 6.18 Å². The molecule has 0 spiro atoms. The first-order chi connectivity index (χ1) is 15.2. The second-order valence-electron chi connectivity index (χ2n) is 7.91. The number of hydrogen-bond acceptors (Lipinski definition) is 4. The van der Waals surface area contributed by atoms with Crippen LogP contribution in [0, 0.1) is 13.8 Å². The Bertz CT molecular complexity index is 1120. The third kappa shape index (κ3) is 4.74. The minimum atomic E-state index is -4.48. The van der Waals surface area contributed by atoms with Gasteiger partial charge in [0.1, 0.15) is 5.82 Å². The summed E-state index contributed by atoms with van der Waals surface area (Å²) in [4.78, 5) is 25.7. The highest BCUT2D eigenvalue weighted by Crippen LogP contribution is 2.30. The highest BCUT2D eigenvalue weighted by Gasteiger charge is 2.32. The molecule has 0 unspecified atom stereocenters. The molecule has 1 saturated heterocycles. The van der Waals surface area contributed by atoms with E-state index in [1.54, 1.807) is 4.90 Å². The number of aryl methyl sites for hydroxylation is 2. The van der Waals surface area contributed by atoms with Crippen molar-refractivity contribution in [3.8, 4) is 11.4 Å². The van der Waals surface area contributed by atoms with Crippen LogP contribution in [0.2, 0.25) is 0 Å². The summed E-state index contributed by atoms with van der Waals surface area (Å²) < 4.78 is 38.9. The lowest BCUT2D eigenvalue weighted by Crippen LogP contribution is -2.49. The maximum absolute atomic E-state index is 13.0. The summed E-state index contributed by atoms with van der Waals surface area (Å²) in [7, 11) is 0. The number of rotatable bonds is 3. The maximum Gasteiger partial charge on any atom is 0.416 e. The Balaban J connectivity index is 1.47. The lowest BCUT2D eigenvalue weighted by molar-refractivity contribution is -0.137. The van der Waals surface area contributed by atoms with Gasteiger partial charge in [-0.1, -0.05) is 35.9 Å². The van der Waals surface area contributed by atoms with Gasteiger partial charge in [-0.05, 0) is 32.0 Å². The molecular weight excluding hydrogens is 417 g/mol. The number of carbonyl (C=O) groups excluding carboxylic acids is 1. The van der Waals surface area contributed by atoms with Crippen LogP contribution in [0.3, 0.4) is 0 Å². The average molecular weight is 440 g/mol. The van der Waals surface area contributed by atoms with E-state index < -0.39 is 17.6 Å². The fourth-order valence-electron chi connectivity index (χ4n) is 3.70. The van der Waals surface area contributed by atoms with Gasteiger partial charge in [0.05, 0.1) is 5.56 Å². The zero-order valence-corrected chi connectivity index (χ0v) is 17.9. The summed E-state index contributed by atoms with van der Waals surface area (Å²) >= 11 is 0. The Kier molecular flexibility index (Phi) is 5.86. The quantitative estimate of drug-likeness (QED) is 0.590. The van der Waals surface area contributed by atoms with Crippen LogP contribution in [0.25, 0.3) is 11.4 Å². The molecule has 0 saturated carbocycles. The molecule has 4 rings (SSSR count). The number of hydrogen-bond donors (Lipinski definition) is 0. The van der Waals surface area contributed by atoms with Crippen molar-refractivity contribution >= 4 is 11.7 Å². The number of aromatic nitrogens is 2. The minimum absolute atomic E-state index is 0.0489. The van der Waals surface area contributed by atoms with Gasteiger partial charge in [-0.2, -0.15) is 13.2 Å².